The number of halogens is 1. The minimum Gasteiger partial charge on any atom is -0.495 e. The van der Waals surface area contributed by atoms with Crippen LogP contribution >= 0.6 is 11.6 Å². The number of rotatable bonds is 38. The fourth-order valence-corrected chi connectivity index (χ4v) is 9.99. The summed E-state index contributed by atoms with van der Waals surface area (Å²) in [5, 5.41) is 26.0. The van der Waals surface area contributed by atoms with Crippen LogP contribution in [0.25, 0.3) is 0 Å². The summed E-state index contributed by atoms with van der Waals surface area (Å²) >= 11 is 6.37. The number of benzene rings is 3. The molecule has 0 saturated carbocycles. The molecule has 0 radical (unpaired) electrons. The number of piperazine rings is 1. The second-order valence-corrected chi connectivity index (χ2v) is 23.8. The summed E-state index contributed by atoms with van der Waals surface area (Å²) in [4.78, 5) is 131. The SMILES string of the molecule is COc1ccc(C[C@@H](NC(=O)/C=C/CC[C@H](C)O[C@@H](C)c2ccc(CN3CCN(C(=O)OCc4ccc(NC(=O)CNC(=O)C(NC(=O)CCOCCOCCN5C(=O)C=CC5=O)C(C)C)cc4)CC3)cc2)C(=O)NC[C@@H](C)C(=O)N[C@@H](CC(C)C)C(=O)O)cc1Cl. The second-order valence-electron chi connectivity index (χ2n) is 23.4. The number of ether oxygens (including phenoxy) is 5. The zero-order chi connectivity index (χ0) is 67.3. The van der Waals surface area contributed by atoms with Gasteiger partial charge in [-0.05, 0) is 97.5 Å². The van der Waals surface area contributed by atoms with Crippen molar-refractivity contribution in [1.29, 1.82) is 0 Å². The van der Waals surface area contributed by atoms with Gasteiger partial charge in [0, 0.05) is 69.9 Å². The van der Waals surface area contributed by atoms with Crippen LogP contribution in [0.3, 0.4) is 0 Å². The van der Waals surface area contributed by atoms with E-state index in [0.29, 0.717) is 73.2 Å². The third-order valence-corrected chi connectivity index (χ3v) is 15.4. The van der Waals surface area contributed by atoms with E-state index in [1.807, 2.05) is 39.8 Å². The number of hydrogen-bond donors (Lipinski definition) is 7. The van der Waals surface area contributed by atoms with E-state index in [9.17, 15) is 53.1 Å². The maximum Gasteiger partial charge on any atom is 0.410 e. The molecule has 6 atom stereocenters. The number of nitrogens with one attached hydrogen (secondary N) is 6. The Labute approximate surface area is 543 Å². The second kappa shape index (κ2) is 38.6. The molecule has 0 spiro atoms. The highest BCUT2D eigenvalue weighted by Crippen LogP contribution is 2.26. The number of carboxylic acid groups (broad SMARTS) is 1. The summed E-state index contributed by atoms with van der Waals surface area (Å²) in [6.07, 6.45) is 6.16. The number of aliphatic carboxylic acids is 1. The van der Waals surface area contributed by atoms with Crippen molar-refractivity contribution in [2.45, 2.75) is 124 Å². The zero-order valence-corrected chi connectivity index (χ0v) is 54.6. The Kier molecular flexibility index (Phi) is 31.2. The standard InChI is InChI=1S/C66H90ClN9O16/c1-42(2)35-54(65(85)86)72-62(82)44(5)38-68-63(83)53(37-49-17-22-55(88-8)52(67)36-49)71-56(77)12-10-9-11-45(6)92-46(7)50-18-13-47(14-19-50)40-74-26-28-75(29-27-74)66(87)91-41-48-15-20-51(21-16-48)70-58(79)39-69-64(84)61(43(3)4)73-57(78)25-31-89-33-34-90-32-30-76-59(80)23-24-60(76)81/h10,12-24,36,42-46,53-54,61H,9,11,25-35,37-41H2,1-8H3,(H,68,83)(H,69,84)(H,70,79)(H,71,77)(H,72,82)(H,73,78)(H,85,86)/b12-10+/t44-,45+,46+,53-,54+,61?/m1/s1. The van der Waals surface area contributed by atoms with Gasteiger partial charge in [0.2, 0.25) is 35.4 Å². The first kappa shape index (κ1) is 74.5. The summed E-state index contributed by atoms with van der Waals surface area (Å²) in [7, 11) is 1.49. The van der Waals surface area contributed by atoms with Gasteiger partial charge in [-0.15, -0.1) is 0 Å². The molecule has 0 aromatic heterocycles. The number of carbonyl (C=O) groups is 10. The summed E-state index contributed by atoms with van der Waals surface area (Å²) in [5.74, 6) is -5.43. The first-order valence-electron chi connectivity index (χ1n) is 31.0. The van der Waals surface area contributed by atoms with E-state index in [1.54, 1.807) is 74.2 Å². The Morgan fingerprint density at radius 2 is 1.36 bits per heavy atom. The van der Waals surface area contributed by atoms with Gasteiger partial charge in [0.25, 0.3) is 11.8 Å². The van der Waals surface area contributed by atoms with Crippen molar-refractivity contribution in [3.63, 3.8) is 0 Å². The summed E-state index contributed by atoms with van der Waals surface area (Å²) < 4.78 is 28.0. The molecule has 9 amide bonds. The van der Waals surface area contributed by atoms with Crippen LogP contribution < -0.4 is 36.6 Å². The van der Waals surface area contributed by atoms with Crippen LogP contribution in [0.4, 0.5) is 10.5 Å². The van der Waals surface area contributed by atoms with E-state index < -0.39 is 71.5 Å². The van der Waals surface area contributed by atoms with Gasteiger partial charge in [0.15, 0.2) is 0 Å². The number of nitrogens with zero attached hydrogens (tertiary/aromatic N) is 3. The van der Waals surface area contributed by atoms with E-state index in [0.717, 1.165) is 16.0 Å². The highest BCUT2D eigenvalue weighted by atomic mass is 35.5. The van der Waals surface area contributed by atoms with Crippen LogP contribution in [0.15, 0.2) is 91.0 Å². The molecule has 1 saturated heterocycles. The molecule has 2 heterocycles. The molecular formula is C66H90ClN9O16. The fraction of sp³-hybridized carbons (Fsp3) is 0.515. The quantitative estimate of drug-likeness (QED) is 0.0219. The van der Waals surface area contributed by atoms with E-state index >= 15 is 0 Å². The lowest BCUT2D eigenvalue weighted by Gasteiger charge is -2.34. The predicted octanol–water partition coefficient (Wildman–Crippen LogP) is 5.24. The molecule has 0 aliphatic carbocycles. The van der Waals surface area contributed by atoms with Crippen molar-refractivity contribution >= 4 is 76.6 Å². The van der Waals surface area contributed by atoms with E-state index in [1.165, 1.54) is 25.3 Å². The van der Waals surface area contributed by atoms with Crippen molar-refractivity contribution in [1.82, 2.24) is 41.3 Å². The lowest BCUT2D eigenvalue weighted by molar-refractivity contribution is -0.143. The van der Waals surface area contributed by atoms with Crippen LogP contribution in [-0.2, 0) is 81.7 Å². The van der Waals surface area contributed by atoms with Crippen molar-refractivity contribution < 1.29 is 76.7 Å². The van der Waals surface area contributed by atoms with Crippen molar-refractivity contribution in [2.75, 3.05) is 84.7 Å². The molecule has 0 bridgehead atoms. The van der Waals surface area contributed by atoms with Crippen LogP contribution in [0.1, 0.15) is 103 Å². The van der Waals surface area contributed by atoms with Gasteiger partial charge in [-0.3, -0.25) is 48.2 Å². The fourth-order valence-electron chi connectivity index (χ4n) is 9.71. The van der Waals surface area contributed by atoms with Gasteiger partial charge in [0.1, 0.15) is 30.5 Å². The molecule has 26 heteroatoms. The summed E-state index contributed by atoms with van der Waals surface area (Å²) in [6, 6.07) is 17.1. The van der Waals surface area contributed by atoms with Crippen LogP contribution in [0.5, 0.6) is 5.75 Å². The Bertz CT molecular complexity index is 3010. The van der Waals surface area contributed by atoms with Gasteiger partial charge >= 0.3 is 12.1 Å². The summed E-state index contributed by atoms with van der Waals surface area (Å²) in [6.45, 7) is 16.1. The summed E-state index contributed by atoms with van der Waals surface area (Å²) in [5.41, 5.74) is 3.95. The molecule has 5 rings (SSSR count). The number of allylic oxidation sites excluding steroid dienone is 1. The van der Waals surface area contributed by atoms with Gasteiger partial charge in [-0.2, -0.15) is 0 Å². The molecular weight excluding hydrogens is 1210 g/mol. The number of anilines is 1. The first-order chi connectivity index (χ1) is 43.9. The zero-order valence-electron chi connectivity index (χ0n) is 53.8. The van der Waals surface area contributed by atoms with Crippen LogP contribution in [-0.4, -0.2) is 183 Å². The number of carbonyl (C=O) groups excluding carboxylic acids is 9. The number of imide groups is 1. The molecule has 25 nitrogen and oxygen atoms in total. The third-order valence-electron chi connectivity index (χ3n) is 15.1. The Balaban J connectivity index is 0.948. The number of amides is 9. The first-order valence-corrected chi connectivity index (χ1v) is 31.4. The Morgan fingerprint density at radius 3 is 1.99 bits per heavy atom. The molecule has 7 N–H and O–H groups in total. The minimum absolute atomic E-state index is 0.0141. The average molecular weight is 1300 g/mol. The van der Waals surface area contributed by atoms with Gasteiger partial charge < -0.3 is 65.6 Å². The average Bonchev–Trinajstić information content (AvgIpc) is 1.87. The molecule has 2 aliphatic heterocycles. The molecule has 1 fully saturated rings. The van der Waals surface area contributed by atoms with Crippen LogP contribution in [0, 0.1) is 17.8 Å². The van der Waals surface area contributed by atoms with Crippen molar-refractivity contribution in [3.05, 3.63) is 118 Å². The maximum absolute atomic E-state index is 13.5. The van der Waals surface area contributed by atoms with Gasteiger partial charge in [-0.1, -0.05) is 94.8 Å². The monoisotopic (exact) mass is 1300 g/mol. The molecule has 3 aromatic carbocycles. The molecule has 1 unspecified atom stereocenters. The largest absolute Gasteiger partial charge is 0.495 e. The van der Waals surface area contributed by atoms with E-state index in [-0.39, 0.29) is 108 Å². The lowest BCUT2D eigenvalue weighted by atomic mass is 10.0. The van der Waals surface area contributed by atoms with Gasteiger partial charge in [-0.25, -0.2) is 9.59 Å². The highest BCUT2D eigenvalue weighted by Gasteiger charge is 2.29. The molecule has 92 heavy (non-hydrogen) atoms. The molecule has 3 aromatic rings. The normalized spacial score (nSPS) is 15.3. The predicted molar refractivity (Wildman–Crippen MR) is 343 cm³/mol. The Morgan fingerprint density at radius 1 is 0.707 bits per heavy atom. The molecule has 502 valence electrons. The van der Waals surface area contributed by atoms with Crippen molar-refractivity contribution in [2.24, 2.45) is 17.8 Å². The smallest absolute Gasteiger partial charge is 0.410 e. The lowest BCUT2D eigenvalue weighted by Crippen LogP contribution is -2.51. The highest BCUT2D eigenvalue weighted by molar-refractivity contribution is 6.32. The number of carboxylic acids is 1. The van der Waals surface area contributed by atoms with Crippen LogP contribution in [0.2, 0.25) is 5.02 Å². The minimum atomic E-state index is -1.14. The van der Waals surface area contributed by atoms with E-state index in [2.05, 4.69) is 48.9 Å². The van der Waals surface area contributed by atoms with Gasteiger partial charge in [0.05, 0.1) is 69.8 Å². The van der Waals surface area contributed by atoms with E-state index in [4.69, 9.17) is 35.3 Å². The topological polar surface area (TPSA) is 319 Å². The third kappa shape index (κ3) is 26.2. The number of hydrogen-bond acceptors (Lipinski definition) is 16. The number of methoxy groups -OCH3 is 1. The Hall–Kier alpha value is -8.23. The van der Waals surface area contributed by atoms with Crippen molar-refractivity contribution in [3.8, 4) is 5.75 Å². The molecule has 2 aliphatic rings. The maximum atomic E-state index is 13.5.